The highest BCUT2D eigenvalue weighted by atomic mass is 16.5. The predicted octanol–water partition coefficient (Wildman–Crippen LogP) is 2.41. The molecule has 2 heterocycles. The van der Waals surface area contributed by atoms with Crippen molar-refractivity contribution in [3.63, 3.8) is 0 Å². The third-order valence-corrected chi connectivity index (χ3v) is 6.14. The van der Waals surface area contributed by atoms with Gasteiger partial charge in [-0.05, 0) is 52.4 Å². The van der Waals surface area contributed by atoms with Crippen molar-refractivity contribution < 1.29 is 4.74 Å². The minimum Gasteiger partial charge on any atom is -0.377 e. The zero-order valence-corrected chi connectivity index (χ0v) is 13.0. The maximum absolute atomic E-state index is 5.90. The molecule has 3 aliphatic rings. The largest absolute Gasteiger partial charge is 0.377 e. The van der Waals surface area contributed by atoms with E-state index in [0.717, 1.165) is 19.1 Å². The van der Waals surface area contributed by atoms with Gasteiger partial charge in [0.25, 0.3) is 0 Å². The van der Waals surface area contributed by atoms with Crippen LogP contribution in [0.1, 0.15) is 53.4 Å². The van der Waals surface area contributed by atoms with Crippen molar-refractivity contribution in [1.82, 2.24) is 10.2 Å². The van der Waals surface area contributed by atoms with E-state index in [-0.39, 0.29) is 5.54 Å². The average Bonchev–Trinajstić information content (AvgIpc) is 3.18. The Bertz CT molecular complexity index is 344. The fourth-order valence-electron chi connectivity index (χ4n) is 4.16. The van der Waals surface area contributed by atoms with Crippen molar-refractivity contribution in [3.05, 3.63) is 0 Å². The third-order valence-electron chi connectivity index (χ3n) is 6.14. The molecule has 0 aromatic carbocycles. The van der Waals surface area contributed by atoms with E-state index in [4.69, 9.17) is 4.74 Å². The van der Waals surface area contributed by atoms with Crippen LogP contribution in [0.3, 0.4) is 0 Å². The van der Waals surface area contributed by atoms with Crippen LogP contribution in [-0.4, -0.2) is 47.8 Å². The minimum atomic E-state index is 0.235. The molecule has 3 nitrogen and oxygen atoms in total. The van der Waals surface area contributed by atoms with Gasteiger partial charge in [0.1, 0.15) is 0 Å². The molecule has 1 aliphatic carbocycles. The average molecular weight is 266 g/mol. The number of nitrogens with one attached hydrogen (secondary N) is 1. The maximum atomic E-state index is 5.90. The second kappa shape index (κ2) is 4.71. The molecule has 1 saturated carbocycles. The number of rotatable bonds is 3. The molecular weight excluding hydrogens is 236 g/mol. The van der Waals surface area contributed by atoms with Gasteiger partial charge in [0.15, 0.2) is 0 Å². The van der Waals surface area contributed by atoms with Gasteiger partial charge in [-0.25, -0.2) is 0 Å². The maximum Gasteiger partial charge on any atom is 0.0728 e. The molecule has 0 aromatic rings. The van der Waals surface area contributed by atoms with Crippen molar-refractivity contribution in [1.29, 1.82) is 0 Å². The summed E-state index contributed by atoms with van der Waals surface area (Å²) in [4.78, 5) is 2.79. The van der Waals surface area contributed by atoms with E-state index < -0.39 is 0 Å². The first-order chi connectivity index (χ1) is 8.99. The first-order valence-electron chi connectivity index (χ1n) is 8.13. The third kappa shape index (κ3) is 2.24. The Morgan fingerprint density at radius 1 is 1.32 bits per heavy atom. The summed E-state index contributed by atoms with van der Waals surface area (Å²) in [6, 6.07) is 0.668. The Hall–Kier alpha value is -0.120. The second-order valence-corrected chi connectivity index (χ2v) is 7.38. The van der Waals surface area contributed by atoms with Gasteiger partial charge < -0.3 is 10.1 Å². The van der Waals surface area contributed by atoms with Gasteiger partial charge in [-0.3, -0.25) is 4.90 Å². The summed E-state index contributed by atoms with van der Waals surface area (Å²) in [5, 5.41) is 3.86. The quantitative estimate of drug-likeness (QED) is 0.849. The van der Waals surface area contributed by atoms with Crippen LogP contribution in [0.2, 0.25) is 0 Å². The van der Waals surface area contributed by atoms with Gasteiger partial charge in [0.05, 0.1) is 6.10 Å². The normalized spacial score (nSPS) is 48.6. The summed E-state index contributed by atoms with van der Waals surface area (Å²) in [5.41, 5.74) is 0.565. The molecule has 0 bridgehead atoms. The molecule has 3 heteroatoms. The summed E-state index contributed by atoms with van der Waals surface area (Å²) in [7, 11) is 0. The van der Waals surface area contributed by atoms with E-state index in [9.17, 15) is 0 Å². The molecule has 4 atom stereocenters. The smallest absolute Gasteiger partial charge is 0.0728 e. The molecule has 1 N–H and O–H groups in total. The lowest BCUT2D eigenvalue weighted by Gasteiger charge is -2.54. The monoisotopic (exact) mass is 266 g/mol. The second-order valence-electron chi connectivity index (χ2n) is 7.38. The fraction of sp³-hybridized carbons (Fsp3) is 1.00. The molecule has 3 rings (SSSR count). The van der Waals surface area contributed by atoms with Crippen molar-refractivity contribution in [2.45, 2.75) is 76.6 Å². The van der Waals surface area contributed by atoms with E-state index in [1.807, 2.05) is 0 Å². The van der Waals surface area contributed by atoms with Crippen LogP contribution >= 0.6 is 0 Å². The molecular formula is C16H30N2O. The van der Waals surface area contributed by atoms with Crippen molar-refractivity contribution >= 4 is 0 Å². The summed E-state index contributed by atoms with van der Waals surface area (Å²) in [6.07, 6.45) is 5.61. The van der Waals surface area contributed by atoms with Crippen LogP contribution in [0.15, 0.2) is 0 Å². The van der Waals surface area contributed by atoms with E-state index in [2.05, 4.69) is 37.9 Å². The lowest BCUT2D eigenvalue weighted by Crippen LogP contribution is -2.69. The molecule has 0 amide bonds. The number of hydrogen-bond donors (Lipinski definition) is 1. The van der Waals surface area contributed by atoms with Gasteiger partial charge >= 0.3 is 0 Å². The van der Waals surface area contributed by atoms with Gasteiger partial charge in [-0.2, -0.15) is 0 Å². The standard InChI is InChI=1S/C16H30N2O/c1-5-14-10-17-15(3,13-6-7-13)11-18(14)16(4)8-9-19-12(16)2/h12-14,17H,5-11H2,1-4H3. The SMILES string of the molecule is CCC1CNC(C)(C2CC2)CN1C1(C)CCOC1C. The fourth-order valence-corrected chi connectivity index (χ4v) is 4.16. The zero-order valence-electron chi connectivity index (χ0n) is 13.0. The van der Waals surface area contributed by atoms with Crippen LogP contribution in [0.4, 0.5) is 0 Å². The molecule has 0 radical (unpaired) electrons. The summed E-state index contributed by atoms with van der Waals surface area (Å²) >= 11 is 0. The molecule has 19 heavy (non-hydrogen) atoms. The Morgan fingerprint density at radius 2 is 2.05 bits per heavy atom. The Balaban J connectivity index is 1.82. The van der Waals surface area contributed by atoms with Crippen LogP contribution in [0, 0.1) is 5.92 Å². The van der Waals surface area contributed by atoms with E-state index in [0.29, 0.717) is 17.7 Å². The summed E-state index contributed by atoms with van der Waals surface area (Å²) in [5.74, 6) is 0.897. The van der Waals surface area contributed by atoms with E-state index in [1.54, 1.807) is 0 Å². The summed E-state index contributed by atoms with van der Waals surface area (Å²) in [6.45, 7) is 12.7. The lowest BCUT2D eigenvalue weighted by atomic mass is 9.83. The molecule has 2 saturated heterocycles. The highest BCUT2D eigenvalue weighted by Crippen LogP contribution is 2.44. The number of hydrogen-bond acceptors (Lipinski definition) is 3. The lowest BCUT2D eigenvalue weighted by molar-refractivity contribution is -0.0449. The molecule has 0 aromatic heterocycles. The van der Waals surface area contributed by atoms with E-state index in [1.165, 1.54) is 32.2 Å². The van der Waals surface area contributed by atoms with Crippen molar-refractivity contribution in [2.24, 2.45) is 5.92 Å². The highest BCUT2D eigenvalue weighted by molar-refractivity contribution is 5.09. The molecule has 110 valence electrons. The van der Waals surface area contributed by atoms with Crippen LogP contribution in [0.5, 0.6) is 0 Å². The molecule has 4 unspecified atom stereocenters. The van der Waals surface area contributed by atoms with Crippen molar-refractivity contribution in [2.75, 3.05) is 19.7 Å². The van der Waals surface area contributed by atoms with Crippen LogP contribution < -0.4 is 5.32 Å². The minimum absolute atomic E-state index is 0.235. The first-order valence-corrected chi connectivity index (χ1v) is 8.13. The predicted molar refractivity (Wildman–Crippen MR) is 78.4 cm³/mol. The highest BCUT2D eigenvalue weighted by Gasteiger charge is 2.52. The zero-order chi connectivity index (χ0) is 13.7. The first kappa shape index (κ1) is 13.8. The van der Waals surface area contributed by atoms with Crippen LogP contribution in [0.25, 0.3) is 0 Å². The summed E-state index contributed by atoms with van der Waals surface area (Å²) < 4.78 is 5.90. The van der Waals surface area contributed by atoms with Gasteiger partial charge in [0, 0.05) is 36.8 Å². The van der Waals surface area contributed by atoms with Gasteiger partial charge in [-0.15, -0.1) is 0 Å². The number of nitrogens with zero attached hydrogens (tertiary/aromatic N) is 1. The number of piperazine rings is 1. The van der Waals surface area contributed by atoms with Crippen molar-refractivity contribution in [3.8, 4) is 0 Å². The Labute approximate surface area is 118 Å². The molecule has 0 spiro atoms. The van der Waals surface area contributed by atoms with Crippen LogP contribution in [-0.2, 0) is 4.74 Å². The molecule has 3 fully saturated rings. The Morgan fingerprint density at radius 3 is 2.58 bits per heavy atom. The van der Waals surface area contributed by atoms with Gasteiger partial charge in [-0.1, -0.05) is 6.92 Å². The van der Waals surface area contributed by atoms with E-state index >= 15 is 0 Å². The van der Waals surface area contributed by atoms with Gasteiger partial charge in [0.2, 0.25) is 0 Å². The Kier molecular flexibility index (Phi) is 3.43. The molecule has 2 aliphatic heterocycles. The topological polar surface area (TPSA) is 24.5 Å². The number of ether oxygens (including phenoxy) is 1.